The van der Waals surface area contributed by atoms with E-state index in [1.807, 2.05) is 26.0 Å². The topological polar surface area (TPSA) is 105 Å². The smallest absolute Gasteiger partial charge is 0.269 e. The highest BCUT2D eigenvalue weighted by Gasteiger charge is 2.06. The van der Waals surface area contributed by atoms with Gasteiger partial charge in [0, 0.05) is 31.5 Å². The van der Waals surface area contributed by atoms with Crippen LogP contribution in [0.3, 0.4) is 0 Å². The van der Waals surface area contributed by atoms with Crippen LogP contribution in [-0.2, 0) is 0 Å². The zero-order valence-corrected chi connectivity index (χ0v) is 15.2. The summed E-state index contributed by atoms with van der Waals surface area (Å²) < 4.78 is 0. The van der Waals surface area contributed by atoms with Crippen LogP contribution >= 0.6 is 0 Å². The van der Waals surface area contributed by atoms with Crippen molar-refractivity contribution in [2.45, 2.75) is 13.8 Å². The van der Waals surface area contributed by atoms with Gasteiger partial charge in [-0.1, -0.05) is 6.07 Å². The van der Waals surface area contributed by atoms with Crippen molar-refractivity contribution in [2.75, 3.05) is 23.7 Å². The molecule has 3 aromatic rings. The fourth-order valence-electron chi connectivity index (χ4n) is 2.41. The number of carbonyl (C=O) groups is 1. The van der Waals surface area contributed by atoms with Gasteiger partial charge >= 0.3 is 0 Å². The zero-order chi connectivity index (χ0) is 19.1. The maximum absolute atomic E-state index is 12.0. The molecule has 0 aliphatic heterocycles. The highest BCUT2D eigenvalue weighted by molar-refractivity contribution is 5.92. The Labute approximate surface area is 157 Å². The van der Waals surface area contributed by atoms with Crippen LogP contribution in [0.2, 0.25) is 0 Å². The highest BCUT2D eigenvalue weighted by atomic mass is 16.1. The van der Waals surface area contributed by atoms with Crippen LogP contribution < -0.4 is 16.0 Å². The minimum atomic E-state index is -0.204. The lowest BCUT2D eigenvalue weighted by Gasteiger charge is -2.10. The number of aromatic nitrogens is 4. The number of anilines is 3. The molecular formula is C19H21N7O. The van der Waals surface area contributed by atoms with Crippen molar-refractivity contribution in [1.82, 2.24) is 25.3 Å². The second-order valence-corrected chi connectivity index (χ2v) is 5.93. The molecule has 138 valence electrons. The highest BCUT2D eigenvalue weighted by Crippen LogP contribution is 2.16. The molecule has 0 spiro atoms. The Morgan fingerprint density at radius 2 is 1.78 bits per heavy atom. The van der Waals surface area contributed by atoms with Gasteiger partial charge in [0.2, 0.25) is 0 Å². The third kappa shape index (κ3) is 5.46. The van der Waals surface area contributed by atoms with Gasteiger partial charge in [0.25, 0.3) is 5.91 Å². The van der Waals surface area contributed by atoms with E-state index in [4.69, 9.17) is 0 Å². The summed E-state index contributed by atoms with van der Waals surface area (Å²) in [5, 5.41) is 9.17. The molecule has 3 N–H and O–H groups in total. The molecule has 0 fully saturated rings. The van der Waals surface area contributed by atoms with Crippen LogP contribution in [0.4, 0.5) is 17.5 Å². The van der Waals surface area contributed by atoms with Crippen LogP contribution in [0.5, 0.6) is 0 Å². The van der Waals surface area contributed by atoms with E-state index >= 15 is 0 Å². The van der Waals surface area contributed by atoms with Crippen molar-refractivity contribution in [3.63, 3.8) is 0 Å². The van der Waals surface area contributed by atoms with E-state index in [0.29, 0.717) is 36.2 Å². The summed E-state index contributed by atoms with van der Waals surface area (Å²) >= 11 is 0. The maximum atomic E-state index is 12.0. The van der Waals surface area contributed by atoms with Crippen LogP contribution in [0.25, 0.3) is 0 Å². The monoisotopic (exact) mass is 363 g/mol. The third-order valence-corrected chi connectivity index (χ3v) is 3.62. The number of hydrogen-bond acceptors (Lipinski definition) is 7. The summed E-state index contributed by atoms with van der Waals surface area (Å²) in [6.45, 7) is 4.80. The quantitative estimate of drug-likeness (QED) is 0.554. The predicted octanol–water partition coefficient (Wildman–Crippen LogP) is 2.47. The molecule has 0 atom stereocenters. The van der Waals surface area contributed by atoms with E-state index in [2.05, 4.69) is 35.9 Å². The van der Waals surface area contributed by atoms with Crippen LogP contribution in [-0.4, -0.2) is 38.9 Å². The minimum Gasteiger partial charge on any atom is -0.368 e. The predicted molar refractivity (Wildman–Crippen MR) is 104 cm³/mol. The minimum absolute atomic E-state index is 0.204. The maximum Gasteiger partial charge on any atom is 0.269 e. The first-order valence-corrected chi connectivity index (χ1v) is 8.58. The normalized spacial score (nSPS) is 10.3. The number of nitrogens with zero attached hydrogens (tertiary/aromatic N) is 4. The average Bonchev–Trinajstić information content (AvgIpc) is 2.65. The van der Waals surface area contributed by atoms with E-state index in [0.717, 1.165) is 11.4 Å². The summed E-state index contributed by atoms with van der Waals surface area (Å²) in [4.78, 5) is 29.0. The fourth-order valence-corrected chi connectivity index (χ4v) is 2.41. The molecule has 3 aromatic heterocycles. The van der Waals surface area contributed by atoms with Crippen molar-refractivity contribution < 1.29 is 4.79 Å². The molecule has 0 radical (unpaired) electrons. The second kappa shape index (κ2) is 8.70. The molecule has 8 heteroatoms. The van der Waals surface area contributed by atoms with Gasteiger partial charge in [0.05, 0.1) is 0 Å². The lowest BCUT2D eigenvalue weighted by atomic mass is 10.3. The number of hydrogen-bond donors (Lipinski definition) is 3. The first-order chi connectivity index (χ1) is 13.1. The fraction of sp³-hybridized carbons (Fsp3) is 0.211. The number of nitrogens with one attached hydrogen (secondary N) is 3. The Kier molecular flexibility index (Phi) is 5.88. The van der Waals surface area contributed by atoms with Crippen molar-refractivity contribution in [1.29, 1.82) is 0 Å². The summed E-state index contributed by atoms with van der Waals surface area (Å²) in [6.07, 6.45) is 3.34. The van der Waals surface area contributed by atoms with E-state index in [1.165, 1.54) is 0 Å². The molecule has 8 nitrogen and oxygen atoms in total. The molecule has 0 saturated carbocycles. The molecule has 0 saturated heterocycles. The summed E-state index contributed by atoms with van der Waals surface area (Å²) in [5.74, 6) is 2.48. The van der Waals surface area contributed by atoms with Gasteiger partial charge in [-0.2, -0.15) is 0 Å². The van der Waals surface area contributed by atoms with Gasteiger partial charge in [-0.25, -0.2) is 15.0 Å². The summed E-state index contributed by atoms with van der Waals surface area (Å²) in [7, 11) is 0. The van der Waals surface area contributed by atoms with Crippen LogP contribution in [0, 0.1) is 13.8 Å². The van der Waals surface area contributed by atoms with Gasteiger partial charge in [-0.05, 0) is 43.7 Å². The van der Waals surface area contributed by atoms with Crippen LogP contribution in [0.15, 0.2) is 48.8 Å². The number of carbonyl (C=O) groups excluding carboxylic acids is 1. The molecule has 0 bridgehead atoms. The van der Waals surface area contributed by atoms with Crippen molar-refractivity contribution in [3.05, 3.63) is 65.9 Å². The molecule has 0 aromatic carbocycles. The van der Waals surface area contributed by atoms with E-state index in [9.17, 15) is 4.79 Å². The largest absolute Gasteiger partial charge is 0.368 e. The SMILES string of the molecule is Cc1ccnc(Nc2cc(NCCNC(=O)c3ccccn3)nc(C)n2)c1. The van der Waals surface area contributed by atoms with E-state index < -0.39 is 0 Å². The first-order valence-electron chi connectivity index (χ1n) is 8.58. The average molecular weight is 363 g/mol. The second-order valence-electron chi connectivity index (χ2n) is 5.93. The molecule has 3 heterocycles. The number of aryl methyl sites for hydroxylation is 2. The molecule has 0 aliphatic rings. The Hall–Kier alpha value is -3.55. The first kappa shape index (κ1) is 18.2. The lowest BCUT2D eigenvalue weighted by molar-refractivity contribution is 0.0950. The third-order valence-electron chi connectivity index (χ3n) is 3.62. The van der Waals surface area contributed by atoms with Crippen molar-refractivity contribution in [2.24, 2.45) is 0 Å². The summed E-state index contributed by atoms with van der Waals surface area (Å²) in [6, 6.07) is 10.9. The molecule has 1 amide bonds. The van der Waals surface area contributed by atoms with Crippen molar-refractivity contribution in [3.8, 4) is 0 Å². The van der Waals surface area contributed by atoms with E-state index in [-0.39, 0.29) is 5.91 Å². The molecule has 0 aliphatic carbocycles. The van der Waals surface area contributed by atoms with Crippen molar-refractivity contribution >= 4 is 23.4 Å². The number of pyridine rings is 2. The molecule has 3 rings (SSSR count). The zero-order valence-electron chi connectivity index (χ0n) is 15.2. The van der Waals surface area contributed by atoms with Gasteiger partial charge in [-0.3, -0.25) is 9.78 Å². The lowest BCUT2D eigenvalue weighted by Crippen LogP contribution is -2.29. The van der Waals surface area contributed by atoms with E-state index in [1.54, 1.807) is 36.7 Å². The Balaban J connectivity index is 1.54. The van der Waals surface area contributed by atoms with Gasteiger partial charge in [-0.15, -0.1) is 0 Å². The van der Waals surface area contributed by atoms with Gasteiger partial charge in [0.1, 0.15) is 29.0 Å². The molecule has 0 unspecified atom stereocenters. The number of rotatable bonds is 7. The Morgan fingerprint density at radius 1 is 0.926 bits per heavy atom. The summed E-state index contributed by atoms with van der Waals surface area (Å²) in [5.41, 5.74) is 1.51. The molecular weight excluding hydrogens is 342 g/mol. The number of amides is 1. The van der Waals surface area contributed by atoms with Crippen LogP contribution in [0.1, 0.15) is 21.9 Å². The Morgan fingerprint density at radius 3 is 2.56 bits per heavy atom. The van der Waals surface area contributed by atoms with Gasteiger partial charge in [0.15, 0.2) is 0 Å². The standard InChI is InChI=1S/C19H21N7O/c1-13-6-8-21-16(11-13)26-18-12-17(24-14(2)25-18)22-9-10-23-19(27)15-5-3-4-7-20-15/h3-8,11-12H,9-10H2,1-2H3,(H,23,27)(H2,21,22,24,25,26). The van der Waals surface area contributed by atoms with Gasteiger partial charge < -0.3 is 16.0 Å². The molecule has 27 heavy (non-hydrogen) atoms. The Bertz CT molecular complexity index is 915.